The van der Waals surface area contributed by atoms with Gasteiger partial charge >= 0.3 is 0 Å². The number of hydrogen-bond donors (Lipinski definition) is 2. The van der Waals surface area contributed by atoms with E-state index < -0.39 is 0 Å². The number of carbonyl (C=O) groups excluding carboxylic acids is 2. The predicted octanol–water partition coefficient (Wildman–Crippen LogP) is 3.62. The van der Waals surface area contributed by atoms with Crippen LogP contribution in [0.3, 0.4) is 0 Å². The van der Waals surface area contributed by atoms with E-state index in [0.717, 1.165) is 0 Å². The topological polar surface area (TPSA) is 67.4 Å². The molecule has 0 atom stereocenters. The summed E-state index contributed by atoms with van der Waals surface area (Å²) in [7, 11) is 1.56. The van der Waals surface area contributed by atoms with Crippen LogP contribution in [0.15, 0.2) is 42.5 Å². The summed E-state index contributed by atoms with van der Waals surface area (Å²) in [6, 6.07) is 11.2. The molecule has 0 radical (unpaired) electrons. The molecule has 5 nitrogen and oxygen atoms in total. The van der Waals surface area contributed by atoms with Gasteiger partial charge in [-0.2, -0.15) is 0 Å². The molecular weight excluding hydrogens is 351 g/mol. The lowest BCUT2D eigenvalue weighted by molar-refractivity contribution is 0.0936. The highest BCUT2D eigenvalue weighted by Crippen LogP contribution is 2.20. The van der Waals surface area contributed by atoms with Crippen LogP contribution in [0.1, 0.15) is 20.7 Å². The van der Waals surface area contributed by atoms with E-state index in [1.807, 2.05) is 0 Å². The van der Waals surface area contributed by atoms with E-state index in [1.165, 1.54) is 12.1 Å². The van der Waals surface area contributed by atoms with Crippen molar-refractivity contribution in [2.24, 2.45) is 0 Å². The van der Waals surface area contributed by atoms with Crippen LogP contribution in [-0.2, 0) is 4.74 Å². The Kier molecular flexibility index (Phi) is 6.61. The molecule has 0 spiro atoms. The van der Waals surface area contributed by atoms with Crippen LogP contribution in [0.4, 0.5) is 5.69 Å². The van der Waals surface area contributed by atoms with Gasteiger partial charge in [-0.1, -0.05) is 29.3 Å². The third-order valence-electron chi connectivity index (χ3n) is 3.10. The van der Waals surface area contributed by atoms with Crippen LogP contribution in [-0.4, -0.2) is 32.1 Å². The van der Waals surface area contributed by atoms with E-state index in [2.05, 4.69) is 10.6 Å². The van der Waals surface area contributed by atoms with Crippen molar-refractivity contribution >= 4 is 40.7 Å². The predicted molar refractivity (Wildman–Crippen MR) is 95.1 cm³/mol. The Morgan fingerprint density at radius 1 is 1.00 bits per heavy atom. The normalized spacial score (nSPS) is 10.3. The van der Waals surface area contributed by atoms with E-state index in [-0.39, 0.29) is 11.8 Å². The maximum Gasteiger partial charge on any atom is 0.255 e. The van der Waals surface area contributed by atoms with E-state index >= 15 is 0 Å². The molecule has 2 aromatic carbocycles. The third kappa shape index (κ3) is 5.23. The Morgan fingerprint density at radius 3 is 2.38 bits per heavy atom. The SMILES string of the molecule is COCCNC(=O)c1cccc(NC(=O)c2cc(Cl)cc(Cl)c2)c1. The lowest BCUT2D eigenvalue weighted by Gasteiger charge is -2.09. The van der Waals surface area contributed by atoms with Gasteiger partial charge in [0, 0.05) is 40.5 Å². The number of carbonyl (C=O) groups is 2. The first-order valence-electron chi connectivity index (χ1n) is 7.14. The van der Waals surface area contributed by atoms with E-state index in [0.29, 0.717) is 40.0 Å². The van der Waals surface area contributed by atoms with Crippen molar-refractivity contribution in [3.8, 4) is 0 Å². The van der Waals surface area contributed by atoms with Crippen LogP contribution in [0.2, 0.25) is 10.0 Å². The maximum absolute atomic E-state index is 12.3. The molecular formula is C17H16Cl2N2O3. The zero-order valence-corrected chi connectivity index (χ0v) is 14.4. The van der Waals surface area contributed by atoms with Crippen molar-refractivity contribution in [1.29, 1.82) is 0 Å². The summed E-state index contributed by atoms with van der Waals surface area (Å²) in [5, 5.41) is 6.18. The number of benzene rings is 2. The second-order valence-corrected chi connectivity index (χ2v) is 5.81. The summed E-state index contributed by atoms with van der Waals surface area (Å²) in [5.74, 6) is -0.606. The van der Waals surface area contributed by atoms with Gasteiger partial charge in [0.05, 0.1) is 6.61 Å². The quantitative estimate of drug-likeness (QED) is 0.767. The fourth-order valence-corrected chi connectivity index (χ4v) is 2.52. The molecule has 0 aliphatic heterocycles. The van der Waals surface area contributed by atoms with Crippen molar-refractivity contribution in [1.82, 2.24) is 5.32 Å². The van der Waals surface area contributed by atoms with Gasteiger partial charge in [-0.15, -0.1) is 0 Å². The first-order valence-corrected chi connectivity index (χ1v) is 7.90. The van der Waals surface area contributed by atoms with Gasteiger partial charge in [0.1, 0.15) is 0 Å². The van der Waals surface area contributed by atoms with Gasteiger partial charge in [0.25, 0.3) is 11.8 Å². The molecule has 0 aromatic heterocycles. The van der Waals surface area contributed by atoms with Gasteiger partial charge < -0.3 is 15.4 Å². The number of ether oxygens (including phenoxy) is 1. The highest BCUT2D eigenvalue weighted by molar-refractivity contribution is 6.35. The van der Waals surface area contributed by atoms with Crippen LogP contribution in [0.5, 0.6) is 0 Å². The molecule has 0 unspecified atom stereocenters. The summed E-state index contributed by atoms with van der Waals surface area (Å²) in [4.78, 5) is 24.3. The first-order chi connectivity index (χ1) is 11.5. The number of nitrogens with one attached hydrogen (secondary N) is 2. The van der Waals surface area contributed by atoms with Crippen molar-refractivity contribution in [2.45, 2.75) is 0 Å². The van der Waals surface area contributed by atoms with E-state index in [4.69, 9.17) is 27.9 Å². The van der Waals surface area contributed by atoms with Gasteiger partial charge in [-0.05, 0) is 36.4 Å². The minimum atomic E-state index is -0.364. The molecule has 0 saturated heterocycles. The van der Waals surface area contributed by atoms with E-state index in [9.17, 15) is 9.59 Å². The molecule has 7 heteroatoms. The number of methoxy groups -OCH3 is 1. The Labute approximate surface area is 149 Å². The molecule has 2 N–H and O–H groups in total. The molecule has 0 fully saturated rings. The number of rotatable bonds is 6. The highest BCUT2D eigenvalue weighted by atomic mass is 35.5. The van der Waals surface area contributed by atoms with E-state index in [1.54, 1.807) is 37.4 Å². The molecule has 126 valence electrons. The second kappa shape index (κ2) is 8.68. The molecule has 0 heterocycles. The first kappa shape index (κ1) is 18.3. The average molecular weight is 367 g/mol. The monoisotopic (exact) mass is 366 g/mol. The molecule has 0 aliphatic carbocycles. The standard InChI is InChI=1S/C17H16Cl2N2O3/c1-24-6-5-20-16(22)11-3-2-4-15(9-11)21-17(23)12-7-13(18)10-14(19)8-12/h2-4,7-10H,5-6H2,1H3,(H,20,22)(H,21,23). The summed E-state index contributed by atoms with van der Waals surface area (Å²) in [6.45, 7) is 0.838. The summed E-state index contributed by atoms with van der Waals surface area (Å²) in [5.41, 5.74) is 1.27. The summed E-state index contributed by atoms with van der Waals surface area (Å²) < 4.78 is 4.88. The number of anilines is 1. The smallest absolute Gasteiger partial charge is 0.255 e. The average Bonchev–Trinajstić information content (AvgIpc) is 2.54. The zero-order valence-electron chi connectivity index (χ0n) is 12.9. The fourth-order valence-electron chi connectivity index (χ4n) is 2.00. The van der Waals surface area contributed by atoms with Gasteiger partial charge in [-0.25, -0.2) is 0 Å². The Balaban J connectivity index is 2.08. The summed E-state index contributed by atoms with van der Waals surface area (Å²) >= 11 is 11.8. The molecule has 2 amide bonds. The molecule has 0 aliphatic rings. The Hall–Kier alpha value is -2.08. The van der Waals surface area contributed by atoms with Crippen LogP contribution in [0.25, 0.3) is 0 Å². The molecule has 24 heavy (non-hydrogen) atoms. The lowest BCUT2D eigenvalue weighted by atomic mass is 10.1. The van der Waals surface area contributed by atoms with Crippen molar-refractivity contribution in [3.05, 3.63) is 63.6 Å². The molecule has 2 rings (SSSR count). The number of hydrogen-bond acceptors (Lipinski definition) is 3. The largest absolute Gasteiger partial charge is 0.383 e. The Morgan fingerprint density at radius 2 is 1.71 bits per heavy atom. The minimum Gasteiger partial charge on any atom is -0.383 e. The van der Waals surface area contributed by atoms with Gasteiger partial charge in [0.2, 0.25) is 0 Å². The van der Waals surface area contributed by atoms with Gasteiger partial charge in [-0.3, -0.25) is 9.59 Å². The van der Waals surface area contributed by atoms with Crippen LogP contribution < -0.4 is 10.6 Å². The number of halogens is 2. The van der Waals surface area contributed by atoms with Crippen molar-refractivity contribution in [3.63, 3.8) is 0 Å². The van der Waals surface area contributed by atoms with Crippen LogP contribution in [0, 0.1) is 0 Å². The van der Waals surface area contributed by atoms with Gasteiger partial charge in [0.15, 0.2) is 0 Å². The fraction of sp³-hybridized carbons (Fsp3) is 0.176. The lowest BCUT2D eigenvalue weighted by Crippen LogP contribution is -2.27. The minimum absolute atomic E-state index is 0.242. The van der Waals surface area contributed by atoms with Crippen LogP contribution >= 0.6 is 23.2 Å². The van der Waals surface area contributed by atoms with Crippen molar-refractivity contribution < 1.29 is 14.3 Å². The second-order valence-electron chi connectivity index (χ2n) is 4.94. The Bertz CT molecular complexity index is 730. The zero-order chi connectivity index (χ0) is 17.5. The number of amides is 2. The molecule has 0 saturated carbocycles. The third-order valence-corrected chi connectivity index (χ3v) is 3.54. The summed E-state index contributed by atoms with van der Waals surface area (Å²) in [6.07, 6.45) is 0. The molecule has 0 bridgehead atoms. The highest BCUT2D eigenvalue weighted by Gasteiger charge is 2.10. The molecule has 2 aromatic rings. The van der Waals surface area contributed by atoms with Crippen molar-refractivity contribution in [2.75, 3.05) is 25.6 Å². The maximum atomic E-state index is 12.3.